The van der Waals surface area contributed by atoms with Crippen LogP contribution < -0.4 is 5.32 Å². The molecule has 2 aromatic heterocycles. The summed E-state index contributed by atoms with van der Waals surface area (Å²) in [5.41, 5.74) is 4.11. The highest BCUT2D eigenvalue weighted by atomic mass is 79.9. The molecule has 5 heteroatoms. The van der Waals surface area contributed by atoms with Crippen molar-refractivity contribution in [2.45, 2.75) is 19.3 Å². The molecule has 0 unspecified atom stereocenters. The predicted molar refractivity (Wildman–Crippen MR) is 108 cm³/mol. The number of furan rings is 1. The van der Waals surface area contributed by atoms with Gasteiger partial charge in [0.2, 0.25) is 0 Å². The van der Waals surface area contributed by atoms with E-state index in [1.807, 2.05) is 35.0 Å². The maximum absolute atomic E-state index is 6.12. The van der Waals surface area contributed by atoms with E-state index in [1.54, 1.807) is 0 Å². The van der Waals surface area contributed by atoms with Crippen molar-refractivity contribution in [2.75, 3.05) is 11.9 Å². The van der Waals surface area contributed by atoms with Crippen molar-refractivity contribution < 1.29 is 4.42 Å². The van der Waals surface area contributed by atoms with Gasteiger partial charge in [-0.3, -0.25) is 0 Å². The highest BCUT2D eigenvalue weighted by Gasteiger charge is 2.23. The van der Waals surface area contributed by atoms with Crippen LogP contribution in [0.4, 0.5) is 5.82 Å². The van der Waals surface area contributed by atoms with Crippen molar-refractivity contribution in [3.8, 4) is 17.1 Å². The minimum atomic E-state index is 0.833. The molecule has 0 aliphatic carbocycles. The van der Waals surface area contributed by atoms with Gasteiger partial charge in [0.15, 0.2) is 5.76 Å². The lowest BCUT2D eigenvalue weighted by molar-refractivity contribution is 0.625. The number of fused-ring (bicyclic) bond motifs is 2. The summed E-state index contributed by atoms with van der Waals surface area (Å²) in [6.07, 6.45) is 3.31. The summed E-state index contributed by atoms with van der Waals surface area (Å²) >= 11 is 3.57. The van der Waals surface area contributed by atoms with E-state index in [9.17, 15) is 0 Å². The minimum Gasteiger partial charge on any atom is -0.454 e. The van der Waals surface area contributed by atoms with E-state index < -0.39 is 0 Å². The first kappa shape index (κ1) is 15.7. The van der Waals surface area contributed by atoms with E-state index in [2.05, 4.69) is 45.5 Å². The molecule has 0 atom stereocenters. The number of halogens is 1. The molecule has 0 bridgehead atoms. The summed E-state index contributed by atoms with van der Waals surface area (Å²) in [5, 5.41) is 9.64. The number of nitrogens with one attached hydrogen (secondary N) is 1. The van der Waals surface area contributed by atoms with Gasteiger partial charge < -0.3 is 9.73 Å². The second kappa shape index (κ2) is 6.32. The minimum absolute atomic E-state index is 0.833. The number of benzene rings is 2. The molecule has 4 aromatic rings. The zero-order valence-electron chi connectivity index (χ0n) is 14.2. The fourth-order valence-electron chi connectivity index (χ4n) is 3.59. The molecule has 1 aliphatic heterocycles. The van der Waals surface area contributed by atoms with Gasteiger partial charge in [0.25, 0.3) is 0 Å². The summed E-state index contributed by atoms with van der Waals surface area (Å²) in [5.74, 6) is 1.91. The van der Waals surface area contributed by atoms with Crippen LogP contribution >= 0.6 is 15.9 Å². The Morgan fingerprint density at radius 3 is 2.85 bits per heavy atom. The molecular weight excluding hydrogens is 390 g/mol. The summed E-state index contributed by atoms with van der Waals surface area (Å²) in [4.78, 5) is 0. The van der Waals surface area contributed by atoms with Gasteiger partial charge in [0, 0.05) is 22.0 Å². The normalized spacial score (nSPS) is 14.0. The first-order valence-electron chi connectivity index (χ1n) is 8.90. The van der Waals surface area contributed by atoms with Gasteiger partial charge in [0.05, 0.1) is 5.69 Å². The van der Waals surface area contributed by atoms with Gasteiger partial charge in [-0.1, -0.05) is 40.2 Å². The molecule has 0 spiro atoms. The molecule has 0 saturated heterocycles. The standard InChI is InChI=1S/C21H18BrN3O/c22-15-7-5-8-16(13-15)25-21-17(9-3-4-11-23-21)20(24-25)19-12-14-6-1-2-10-18(14)26-19/h1-2,5-8,10,12-13,23H,3-4,9,11H2. The van der Waals surface area contributed by atoms with Gasteiger partial charge >= 0.3 is 0 Å². The molecule has 0 saturated carbocycles. The molecule has 26 heavy (non-hydrogen) atoms. The molecular formula is C21H18BrN3O. The Morgan fingerprint density at radius 2 is 1.96 bits per heavy atom. The molecule has 130 valence electrons. The maximum atomic E-state index is 6.12. The van der Waals surface area contributed by atoms with E-state index in [4.69, 9.17) is 9.52 Å². The number of hydrogen-bond donors (Lipinski definition) is 1. The Labute approximate surface area is 160 Å². The summed E-state index contributed by atoms with van der Waals surface area (Å²) in [7, 11) is 0. The number of hydrogen-bond acceptors (Lipinski definition) is 3. The van der Waals surface area contributed by atoms with Crippen LogP contribution in [0.5, 0.6) is 0 Å². The monoisotopic (exact) mass is 407 g/mol. The quantitative estimate of drug-likeness (QED) is 0.456. The molecule has 5 rings (SSSR count). The first-order valence-corrected chi connectivity index (χ1v) is 9.69. The SMILES string of the molecule is Brc1cccc(-n2nc(-c3cc4ccccc4o3)c3c2NCCCC3)c1. The Kier molecular flexibility index (Phi) is 3.82. The van der Waals surface area contributed by atoms with E-state index in [0.717, 1.165) is 64.2 Å². The third-order valence-corrected chi connectivity index (χ3v) is 5.33. The number of nitrogens with zero attached hydrogens (tertiary/aromatic N) is 2. The maximum Gasteiger partial charge on any atom is 0.156 e. The highest BCUT2D eigenvalue weighted by molar-refractivity contribution is 9.10. The number of rotatable bonds is 2. The number of anilines is 1. The second-order valence-electron chi connectivity index (χ2n) is 6.60. The molecule has 0 amide bonds. The molecule has 4 nitrogen and oxygen atoms in total. The van der Waals surface area contributed by atoms with Crippen LogP contribution in [0.2, 0.25) is 0 Å². The largest absolute Gasteiger partial charge is 0.454 e. The highest BCUT2D eigenvalue weighted by Crippen LogP contribution is 2.36. The van der Waals surface area contributed by atoms with Crippen LogP contribution in [0, 0.1) is 0 Å². The Morgan fingerprint density at radius 1 is 1.04 bits per heavy atom. The molecule has 1 aliphatic rings. The van der Waals surface area contributed by atoms with Crippen molar-refractivity contribution in [2.24, 2.45) is 0 Å². The fourth-order valence-corrected chi connectivity index (χ4v) is 3.98. The number of aromatic nitrogens is 2. The van der Waals surface area contributed by atoms with Crippen LogP contribution in [0.15, 0.2) is 63.5 Å². The van der Waals surface area contributed by atoms with E-state index in [0.29, 0.717) is 0 Å². The van der Waals surface area contributed by atoms with Gasteiger partial charge in [-0.15, -0.1) is 0 Å². The second-order valence-corrected chi connectivity index (χ2v) is 7.52. The number of para-hydroxylation sites is 1. The topological polar surface area (TPSA) is 43.0 Å². The fraction of sp³-hybridized carbons (Fsp3) is 0.190. The van der Waals surface area contributed by atoms with Crippen molar-refractivity contribution in [1.82, 2.24) is 9.78 Å². The molecule has 1 N–H and O–H groups in total. The zero-order valence-corrected chi connectivity index (χ0v) is 15.8. The summed E-state index contributed by atoms with van der Waals surface area (Å²) in [6.45, 7) is 0.965. The van der Waals surface area contributed by atoms with Crippen molar-refractivity contribution >= 4 is 32.7 Å². The average Bonchev–Trinajstić information content (AvgIpc) is 3.15. The third-order valence-electron chi connectivity index (χ3n) is 4.84. The van der Waals surface area contributed by atoms with Gasteiger partial charge in [-0.2, -0.15) is 5.10 Å². The lowest BCUT2D eigenvalue weighted by Crippen LogP contribution is -2.07. The third kappa shape index (κ3) is 2.63. The van der Waals surface area contributed by atoms with Gasteiger partial charge in [0.1, 0.15) is 17.1 Å². The predicted octanol–water partition coefficient (Wildman–Crippen LogP) is 5.80. The lowest BCUT2D eigenvalue weighted by atomic mass is 10.1. The summed E-state index contributed by atoms with van der Waals surface area (Å²) < 4.78 is 9.17. The van der Waals surface area contributed by atoms with E-state index in [-0.39, 0.29) is 0 Å². The molecule has 0 fully saturated rings. The van der Waals surface area contributed by atoms with Crippen molar-refractivity contribution in [1.29, 1.82) is 0 Å². The smallest absolute Gasteiger partial charge is 0.156 e. The van der Waals surface area contributed by atoms with Crippen LogP contribution in [-0.2, 0) is 6.42 Å². The van der Waals surface area contributed by atoms with Gasteiger partial charge in [-0.25, -0.2) is 4.68 Å². The lowest BCUT2D eigenvalue weighted by Gasteiger charge is -2.09. The Bertz CT molecular complexity index is 1060. The first-order chi connectivity index (χ1) is 12.8. The Balaban J connectivity index is 1.72. The average molecular weight is 408 g/mol. The van der Waals surface area contributed by atoms with Crippen molar-refractivity contribution in [3.05, 3.63) is 64.6 Å². The van der Waals surface area contributed by atoms with Gasteiger partial charge in [-0.05, 0) is 49.6 Å². The zero-order chi connectivity index (χ0) is 17.5. The molecule has 2 aromatic carbocycles. The van der Waals surface area contributed by atoms with Crippen molar-refractivity contribution in [3.63, 3.8) is 0 Å². The van der Waals surface area contributed by atoms with E-state index >= 15 is 0 Å². The molecule has 3 heterocycles. The van der Waals surface area contributed by atoms with E-state index in [1.165, 1.54) is 5.56 Å². The van der Waals surface area contributed by atoms with Crippen LogP contribution in [0.1, 0.15) is 18.4 Å². The molecule has 0 radical (unpaired) electrons. The van der Waals surface area contributed by atoms with Crippen LogP contribution in [0.25, 0.3) is 28.1 Å². The Hall–Kier alpha value is -2.53. The van der Waals surface area contributed by atoms with Crippen LogP contribution in [0.3, 0.4) is 0 Å². The summed E-state index contributed by atoms with van der Waals surface area (Å²) in [6, 6.07) is 18.4. The van der Waals surface area contributed by atoms with Crippen LogP contribution in [-0.4, -0.2) is 16.3 Å².